The number of carbonyl (C=O) groups is 2. The lowest BCUT2D eigenvalue weighted by Crippen LogP contribution is -2.40. The molecule has 0 bridgehead atoms. The number of nitrogens with zero attached hydrogens (tertiary/aromatic N) is 2. The number of anilines is 1. The van der Waals surface area contributed by atoms with Gasteiger partial charge in [0.2, 0.25) is 11.8 Å². The number of amides is 2. The highest BCUT2D eigenvalue weighted by Crippen LogP contribution is 2.34. The lowest BCUT2D eigenvalue weighted by atomic mass is 10.1. The van der Waals surface area contributed by atoms with Crippen molar-refractivity contribution >= 4 is 29.3 Å². The molecular weight excluding hydrogens is 346 g/mol. The highest BCUT2D eigenvalue weighted by molar-refractivity contribution is 8.00. The second-order valence-corrected chi connectivity index (χ2v) is 7.71. The van der Waals surface area contributed by atoms with Crippen molar-refractivity contribution in [2.24, 2.45) is 0 Å². The van der Waals surface area contributed by atoms with Crippen LogP contribution in [-0.4, -0.2) is 54.7 Å². The minimum Gasteiger partial charge on any atom is -0.354 e. The van der Waals surface area contributed by atoms with E-state index in [9.17, 15) is 9.59 Å². The third kappa shape index (κ3) is 6.02. The third-order valence-corrected chi connectivity index (χ3v) is 5.83. The maximum Gasteiger partial charge on any atom is 0.237 e. The van der Waals surface area contributed by atoms with E-state index in [1.165, 1.54) is 0 Å². The normalized spacial score (nSPS) is 15.1. The van der Waals surface area contributed by atoms with Crippen LogP contribution in [0.5, 0.6) is 0 Å². The van der Waals surface area contributed by atoms with Crippen LogP contribution in [0.2, 0.25) is 0 Å². The number of benzene rings is 1. The molecular formula is C20H31N3O2S. The fourth-order valence-corrected chi connectivity index (χ4v) is 4.13. The van der Waals surface area contributed by atoms with Gasteiger partial charge in [0.05, 0.1) is 11.4 Å². The van der Waals surface area contributed by atoms with Gasteiger partial charge in [0.1, 0.15) is 0 Å². The molecule has 1 atom stereocenters. The molecule has 1 aliphatic heterocycles. The first kappa shape index (κ1) is 20.8. The van der Waals surface area contributed by atoms with Gasteiger partial charge >= 0.3 is 0 Å². The number of carbonyl (C=O) groups excluding carboxylic acids is 2. The zero-order valence-electron chi connectivity index (χ0n) is 16.2. The van der Waals surface area contributed by atoms with Crippen molar-refractivity contribution in [1.29, 1.82) is 0 Å². The van der Waals surface area contributed by atoms with Gasteiger partial charge in [-0.25, -0.2) is 0 Å². The molecule has 26 heavy (non-hydrogen) atoms. The van der Waals surface area contributed by atoms with Crippen LogP contribution in [0.4, 0.5) is 5.69 Å². The molecule has 6 heteroatoms. The van der Waals surface area contributed by atoms with Crippen molar-refractivity contribution in [3.63, 3.8) is 0 Å². The van der Waals surface area contributed by atoms with Crippen molar-refractivity contribution in [2.45, 2.75) is 51.0 Å². The second kappa shape index (κ2) is 10.6. The fraction of sp³-hybridized carbons (Fsp3) is 0.600. The van der Waals surface area contributed by atoms with Crippen molar-refractivity contribution in [2.75, 3.05) is 36.8 Å². The van der Waals surface area contributed by atoms with Crippen LogP contribution in [0.1, 0.15) is 40.0 Å². The van der Waals surface area contributed by atoms with Gasteiger partial charge in [-0.1, -0.05) is 26.0 Å². The summed E-state index contributed by atoms with van der Waals surface area (Å²) in [7, 11) is 0. The Morgan fingerprint density at radius 1 is 1.31 bits per heavy atom. The van der Waals surface area contributed by atoms with Crippen LogP contribution in [0, 0.1) is 0 Å². The number of hydrogen-bond donors (Lipinski definition) is 1. The molecule has 0 aromatic heterocycles. The van der Waals surface area contributed by atoms with E-state index in [0.29, 0.717) is 18.7 Å². The van der Waals surface area contributed by atoms with Gasteiger partial charge in [0.25, 0.3) is 0 Å². The maximum absolute atomic E-state index is 12.3. The summed E-state index contributed by atoms with van der Waals surface area (Å²) in [6.07, 6.45) is 2.40. The van der Waals surface area contributed by atoms with Crippen molar-refractivity contribution in [1.82, 2.24) is 10.2 Å². The van der Waals surface area contributed by atoms with E-state index in [1.807, 2.05) is 24.3 Å². The smallest absolute Gasteiger partial charge is 0.237 e. The quantitative estimate of drug-likeness (QED) is 0.681. The molecule has 0 radical (unpaired) electrons. The number of para-hydroxylation sites is 1. The summed E-state index contributed by atoms with van der Waals surface area (Å²) in [6, 6.07) is 8.05. The average Bonchev–Trinajstić information content (AvgIpc) is 2.64. The number of rotatable bonds is 10. The molecule has 1 aromatic carbocycles. The van der Waals surface area contributed by atoms with Crippen molar-refractivity contribution < 1.29 is 9.59 Å². The molecule has 1 unspecified atom stereocenters. The predicted octanol–water partition coefficient (Wildman–Crippen LogP) is 3.14. The Morgan fingerprint density at radius 2 is 2.04 bits per heavy atom. The standard InChI is InChI=1S/C20H31N3O2S/c1-4-22(5-2)13-8-9-16(3)21-19(24)12-14-23-17-10-6-7-11-18(17)26-15-20(23)25/h6-7,10-11,16H,4-5,8-9,12-15H2,1-3H3,(H,21,24). The van der Waals surface area contributed by atoms with Gasteiger partial charge < -0.3 is 15.1 Å². The minimum atomic E-state index is 0.0175. The Morgan fingerprint density at radius 3 is 2.77 bits per heavy atom. The zero-order valence-corrected chi connectivity index (χ0v) is 17.0. The van der Waals surface area contributed by atoms with Crippen LogP contribution in [-0.2, 0) is 9.59 Å². The SMILES string of the molecule is CCN(CC)CCCC(C)NC(=O)CCN1C(=O)CSc2ccccc21. The maximum atomic E-state index is 12.3. The summed E-state index contributed by atoms with van der Waals surface area (Å²) in [4.78, 5) is 29.7. The summed E-state index contributed by atoms with van der Waals surface area (Å²) < 4.78 is 0. The molecule has 2 amide bonds. The first-order valence-electron chi connectivity index (χ1n) is 9.59. The van der Waals surface area contributed by atoms with E-state index in [0.717, 1.165) is 43.1 Å². The number of hydrogen-bond acceptors (Lipinski definition) is 4. The molecule has 5 nitrogen and oxygen atoms in total. The third-order valence-electron chi connectivity index (χ3n) is 4.78. The molecule has 144 valence electrons. The molecule has 1 heterocycles. The lowest BCUT2D eigenvalue weighted by molar-refractivity contribution is -0.121. The summed E-state index contributed by atoms with van der Waals surface area (Å²) in [5, 5.41) is 3.07. The Kier molecular flexibility index (Phi) is 8.45. The van der Waals surface area contributed by atoms with Crippen LogP contribution >= 0.6 is 11.8 Å². The molecule has 0 aliphatic carbocycles. The number of fused-ring (bicyclic) bond motifs is 1. The largest absolute Gasteiger partial charge is 0.354 e. The van der Waals surface area contributed by atoms with E-state index in [-0.39, 0.29) is 17.9 Å². The summed E-state index contributed by atoms with van der Waals surface area (Å²) in [5.74, 6) is 0.540. The van der Waals surface area contributed by atoms with Crippen LogP contribution < -0.4 is 10.2 Å². The summed E-state index contributed by atoms with van der Waals surface area (Å²) in [5.41, 5.74) is 0.925. The molecule has 1 aliphatic rings. The van der Waals surface area contributed by atoms with Crippen LogP contribution in [0.3, 0.4) is 0 Å². The highest BCUT2D eigenvalue weighted by Gasteiger charge is 2.24. The molecule has 0 spiro atoms. The van der Waals surface area contributed by atoms with Crippen LogP contribution in [0.15, 0.2) is 29.2 Å². The Balaban J connectivity index is 1.75. The molecule has 0 fully saturated rings. The zero-order chi connectivity index (χ0) is 18.9. The number of thioether (sulfide) groups is 1. The van der Waals surface area contributed by atoms with E-state index in [1.54, 1.807) is 16.7 Å². The topological polar surface area (TPSA) is 52.7 Å². The van der Waals surface area contributed by atoms with E-state index < -0.39 is 0 Å². The second-order valence-electron chi connectivity index (χ2n) is 6.69. The number of nitrogens with one attached hydrogen (secondary N) is 1. The van der Waals surface area contributed by atoms with Gasteiger partial charge in [0.15, 0.2) is 0 Å². The van der Waals surface area contributed by atoms with E-state index in [4.69, 9.17) is 0 Å². The minimum absolute atomic E-state index is 0.0175. The van der Waals surface area contributed by atoms with Gasteiger partial charge in [-0.15, -0.1) is 11.8 Å². The highest BCUT2D eigenvalue weighted by atomic mass is 32.2. The first-order valence-corrected chi connectivity index (χ1v) is 10.6. The molecule has 0 saturated heterocycles. The van der Waals surface area contributed by atoms with Gasteiger partial charge in [-0.3, -0.25) is 9.59 Å². The van der Waals surface area contributed by atoms with E-state index >= 15 is 0 Å². The first-order chi connectivity index (χ1) is 12.5. The average molecular weight is 378 g/mol. The fourth-order valence-electron chi connectivity index (χ4n) is 3.19. The Hall–Kier alpha value is -1.53. The monoisotopic (exact) mass is 377 g/mol. The molecule has 2 rings (SSSR count). The summed E-state index contributed by atoms with van der Waals surface area (Å²) in [6.45, 7) is 10.1. The van der Waals surface area contributed by atoms with Gasteiger partial charge in [0, 0.05) is 23.9 Å². The lowest BCUT2D eigenvalue weighted by Gasteiger charge is -2.28. The predicted molar refractivity (Wildman–Crippen MR) is 109 cm³/mol. The summed E-state index contributed by atoms with van der Waals surface area (Å²) >= 11 is 1.56. The molecule has 1 aromatic rings. The van der Waals surface area contributed by atoms with Gasteiger partial charge in [-0.2, -0.15) is 0 Å². The van der Waals surface area contributed by atoms with Gasteiger partial charge in [-0.05, 0) is 51.5 Å². The van der Waals surface area contributed by atoms with Crippen molar-refractivity contribution in [3.05, 3.63) is 24.3 Å². The van der Waals surface area contributed by atoms with Crippen molar-refractivity contribution in [3.8, 4) is 0 Å². The Bertz CT molecular complexity index is 604. The molecule has 1 N–H and O–H groups in total. The van der Waals surface area contributed by atoms with Crippen LogP contribution in [0.25, 0.3) is 0 Å². The molecule has 0 saturated carbocycles. The Labute approximate surface area is 161 Å². The van der Waals surface area contributed by atoms with E-state index in [2.05, 4.69) is 31.0 Å².